The fourth-order valence-electron chi connectivity index (χ4n) is 4.33. The molecule has 3 unspecified atom stereocenters. The molecule has 3 saturated heterocycles. The second kappa shape index (κ2) is 7.14. The van der Waals surface area contributed by atoms with Crippen molar-refractivity contribution in [2.45, 2.75) is 30.5 Å². The van der Waals surface area contributed by atoms with Gasteiger partial charge in [0.05, 0.1) is 24.3 Å². The number of pyridine rings is 2. The zero-order valence-electron chi connectivity index (χ0n) is 15.8. The number of halogens is 4. The number of aliphatic hydroxyl groups excluding tert-OH is 1. The molecule has 30 heavy (non-hydrogen) atoms. The number of piperazine rings is 1. The second-order valence-electron chi connectivity index (χ2n) is 7.98. The lowest BCUT2D eigenvalue weighted by Gasteiger charge is -2.31. The predicted molar refractivity (Wildman–Crippen MR) is 107 cm³/mol. The van der Waals surface area contributed by atoms with E-state index in [1.54, 1.807) is 12.1 Å². The van der Waals surface area contributed by atoms with E-state index in [-0.39, 0.29) is 17.4 Å². The number of nitrogens with one attached hydrogen (secondary N) is 2. The molecule has 5 heterocycles. The number of hydrogen-bond acceptors (Lipinski definition) is 7. The van der Waals surface area contributed by atoms with Gasteiger partial charge in [0.25, 0.3) is 5.92 Å². The molecule has 3 atom stereocenters. The lowest BCUT2D eigenvalue weighted by Crippen LogP contribution is -2.43. The highest BCUT2D eigenvalue weighted by atomic mass is 35.5. The quantitative estimate of drug-likeness (QED) is 0.674. The van der Waals surface area contributed by atoms with E-state index in [0.29, 0.717) is 23.7 Å². The third-order valence-corrected chi connectivity index (χ3v) is 6.13. The van der Waals surface area contributed by atoms with E-state index in [2.05, 4.69) is 25.5 Å². The molecular weight excluding hydrogens is 421 g/mol. The Bertz CT molecular complexity index is 979. The zero-order chi connectivity index (χ0) is 21.0. The van der Waals surface area contributed by atoms with Crippen molar-refractivity contribution in [3.63, 3.8) is 0 Å². The van der Waals surface area contributed by atoms with Crippen LogP contribution in [0.25, 0.3) is 0 Å². The number of rotatable bonds is 4. The van der Waals surface area contributed by atoms with Crippen molar-refractivity contribution in [3.05, 3.63) is 35.2 Å². The fourth-order valence-corrected chi connectivity index (χ4v) is 4.43. The fraction of sp³-hybridized carbons (Fsp3) is 0.474. The Labute approximate surface area is 175 Å². The maximum Gasteiger partial charge on any atom is 0.292 e. The number of nitrogens with zero attached hydrogens (tertiary/aromatic N) is 4. The molecule has 0 saturated carbocycles. The molecule has 3 fully saturated rings. The van der Waals surface area contributed by atoms with Crippen LogP contribution in [0.1, 0.15) is 6.42 Å². The van der Waals surface area contributed by atoms with Crippen LogP contribution in [0.4, 0.5) is 36.3 Å². The number of anilines is 4. The van der Waals surface area contributed by atoms with Gasteiger partial charge in [-0.25, -0.2) is 23.1 Å². The van der Waals surface area contributed by atoms with E-state index in [1.807, 2.05) is 0 Å². The van der Waals surface area contributed by atoms with Crippen LogP contribution in [-0.2, 0) is 0 Å². The molecule has 7 nitrogen and oxygen atoms in total. The molecule has 5 rings (SSSR count). The first-order valence-electron chi connectivity index (χ1n) is 9.69. The maximum absolute atomic E-state index is 13.9. The van der Waals surface area contributed by atoms with Crippen molar-refractivity contribution >= 4 is 34.7 Å². The molecule has 3 aliphatic rings. The van der Waals surface area contributed by atoms with Gasteiger partial charge in [-0.2, -0.15) is 0 Å². The summed E-state index contributed by atoms with van der Waals surface area (Å²) in [4.78, 5) is 12.1. The van der Waals surface area contributed by atoms with E-state index >= 15 is 0 Å². The van der Waals surface area contributed by atoms with Crippen molar-refractivity contribution in [2.24, 2.45) is 0 Å². The normalized spacial score (nSPS) is 27.2. The first-order chi connectivity index (χ1) is 14.3. The summed E-state index contributed by atoms with van der Waals surface area (Å²) in [5, 5.41) is 16.0. The highest BCUT2D eigenvalue weighted by molar-refractivity contribution is 6.30. The third-order valence-electron chi connectivity index (χ3n) is 5.86. The predicted octanol–water partition coefficient (Wildman–Crippen LogP) is 2.38. The SMILES string of the molecule is OC1CN(c2cc(N3CC4CC3CN4)cc(Nc3cc(F)c(Cl)cn3)n2)CC1(F)F. The Morgan fingerprint density at radius 1 is 1.23 bits per heavy atom. The summed E-state index contributed by atoms with van der Waals surface area (Å²) in [6.07, 6.45) is 0.454. The van der Waals surface area contributed by atoms with Gasteiger partial charge in [-0.1, -0.05) is 11.6 Å². The number of β-amino-alcohol motifs (C(OH)–C–C–N with tert-alkyl or cyclic N) is 1. The van der Waals surface area contributed by atoms with Crippen molar-refractivity contribution in [2.75, 3.05) is 41.3 Å². The van der Waals surface area contributed by atoms with Gasteiger partial charge in [0.2, 0.25) is 0 Å². The summed E-state index contributed by atoms with van der Waals surface area (Å²) >= 11 is 5.69. The average molecular weight is 441 g/mol. The number of alkyl halides is 2. The van der Waals surface area contributed by atoms with Gasteiger partial charge in [0.15, 0.2) is 0 Å². The number of fused-ring (bicyclic) bond motifs is 2. The molecule has 2 aromatic heterocycles. The summed E-state index contributed by atoms with van der Waals surface area (Å²) < 4.78 is 41.6. The standard InChI is InChI=1S/C19H20ClF3N6O/c20-13-6-25-16(4-14(13)21)26-17-2-11(29-7-10-1-12(29)5-24-10)3-18(27-17)28-8-15(30)19(22,23)9-28/h2-4,6,10,12,15,24,30H,1,5,7-9H2,(H,25,26,27). The molecule has 0 aromatic carbocycles. The Balaban J connectivity index is 1.49. The van der Waals surface area contributed by atoms with Crippen LogP contribution in [-0.4, -0.2) is 65.4 Å². The molecule has 11 heteroatoms. The smallest absolute Gasteiger partial charge is 0.292 e. The van der Waals surface area contributed by atoms with E-state index < -0.39 is 24.4 Å². The second-order valence-corrected chi connectivity index (χ2v) is 8.39. The molecule has 0 radical (unpaired) electrons. The van der Waals surface area contributed by atoms with Crippen LogP contribution in [0, 0.1) is 5.82 Å². The van der Waals surface area contributed by atoms with E-state index in [1.165, 1.54) is 11.1 Å². The Hall–Kier alpha value is -2.30. The molecule has 3 N–H and O–H groups in total. The third kappa shape index (κ3) is 3.52. The van der Waals surface area contributed by atoms with Crippen molar-refractivity contribution in [3.8, 4) is 0 Å². The van der Waals surface area contributed by atoms with Gasteiger partial charge < -0.3 is 25.5 Å². The van der Waals surface area contributed by atoms with Crippen molar-refractivity contribution in [1.82, 2.24) is 15.3 Å². The van der Waals surface area contributed by atoms with Crippen molar-refractivity contribution in [1.29, 1.82) is 0 Å². The minimum absolute atomic E-state index is 0.100. The largest absolute Gasteiger partial charge is 0.385 e. The first kappa shape index (κ1) is 19.7. The number of aromatic nitrogens is 2. The lowest BCUT2D eigenvalue weighted by molar-refractivity contribution is -0.0712. The molecular formula is C19H20ClF3N6O. The number of aliphatic hydroxyl groups is 1. The molecule has 3 aliphatic heterocycles. The molecule has 0 spiro atoms. The Kier molecular flexibility index (Phi) is 4.68. The first-order valence-corrected chi connectivity index (χ1v) is 10.1. The van der Waals surface area contributed by atoms with Gasteiger partial charge in [-0.15, -0.1) is 0 Å². The molecule has 2 aromatic rings. The van der Waals surface area contributed by atoms with Crippen LogP contribution < -0.4 is 20.4 Å². The van der Waals surface area contributed by atoms with Gasteiger partial charge in [0, 0.05) is 49.1 Å². The summed E-state index contributed by atoms with van der Waals surface area (Å²) in [5.74, 6) is -2.98. The topological polar surface area (TPSA) is 76.6 Å². The van der Waals surface area contributed by atoms with Crippen LogP contribution >= 0.6 is 11.6 Å². The highest BCUT2D eigenvalue weighted by Gasteiger charge is 2.48. The van der Waals surface area contributed by atoms with Gasteiger partial charge in [0.1, 0.15) is 29.4 Å². The molecule has 2 bridgehead atoms. The summed E-state index contributed by atoms with van der Waals surface area (Å²) in [5.41, 5.74) is 0.829. The molecule has 160 valence electrons. The molecule has 0 amide bonds. The van der Waals surface area contributed by atoms with Crippen molar-refractivity contribution < 1.29 is 18.3 Å². The number of hydrogen-bond donors (Lipinski definition) is 3. The van der Waals surface area contributed by atoms with Gasteiger partial charge in [-0.3, -0.25) is 0 Å². The Morgan fingerprint density at radius 2 is 2.07 bits per heavy atom. The minimum Gasteiger partial charge on any atom is -0.385 e. The summed E-state index contributed by atoms with van der Waals surface area (Å²) in [6.45, 7) is 0.825. The van der Waals surface area contributed by atoms with E-state index in [4.69, 9.17) is 11.6 Å². The lowest BCUT2D eigenvalue weighted by atomic mass is 10.2. The van der Waals surface area contributed by atoms with Crippen LogP contribution in [0.15, 0.2) is 24.4 Å². The van der Waals surface area contributed by atoms with Gasteiger partial charge in [-0.05, 0) is 6.42 Å². The summed E-state index contributed by atoms with van der Waals surface area (Å²) in [6, 6.07) is 5.41. The average Bonchev–Trinajstić information content (AvgIpc) is 3.40. The zero-order valence-corrected chi connectivity index (χ0v) is 16.6. The highest BCUT2D eigenvalue weighted by Crippen LogP contribution is 2.36. The van der Waals surface area contributed by atoms with E-state index in [0.717, 1.165) is 31.3 Å². The summed E-state index contributed by atoms with van der Waals surface area (Å²) in [7, 11) is 0. The van der Waals surface area contributed by atoms with Crippen LogP contribution in [0.2, 0.25) is 5.02 Å². The van der Waals surface area contributed by atoms with Gasteiger partial charge >= 0.3 is 0 Å². The van der Waals surface area contributed by atoms with Crippen LogP contribution in [0.3, 0.4) is 0 Å². The Morgan fingerprint density at radius 3 is 2.70 bits per heavy atom. The maximum atomic E-state index is 13.9. The van der Waals surface area contributed by atoms with Crippen LogP contribution in [0.5, 0.6) is 0 Å². The molecule has 0 aliphatic carbocycles. The van der Waals surface area contributed by atoms with E-state index in [9.17, 15) is 18.3 Å². The minimum atomic E-state index is -3.21. The monoisotopic (exact) mass is 440 g/mol.